The lowest BCUT2D eigenvalue weighted by Gasteiger charge is -2.41. The number of β-amino-alcohol motifs (C(OH)–C–C–N with tert-alkyl or cyclic N) is 1. The Morgan fingerprint density at radius 3 is 2.77 bits per heavy atom. The van der Waals surface area contributed by atoms with Crippen LogP contribution < -0.4 is 9.64 Å². The van der Waals surface area contributed by atoms with E-state index in [0.29, 0.717) is 24.3 Å². The number of likely N-dealkylation sites (N-methyl/N-ethyl adjacent to an activating group) is 1. The first-order valence-electron chi connectivity index (χ1n) is 8.64. The number of aromatic nitrogens is 2. The van der Waals surface area contributed by atoms with Crippen molar-refractivity contribution in [3.8, 4) is 5.75 Å². The van der Waals surface area contributed by atoms with Gasteiger partial charge >= 0.3 is 0 Å². The number of ether oxygens (including phenoxy) is 1. The Hall–Kier alpha value is -2.67. The molecule has 7 heteroatoms. The molecule has 0 radical (unpaired) electrons. The van der Waals surface area contributed by atoms with Crippen LogP contribution in [-0.2, 0) is 0 Å². The van der Waals surface area contributed by atoms with Gasteiger partial charge < -0.3 is 19.6 Å². The molecule has 1 amide bonds. The number of hydrogen-bond acceptors (Lipinski definition) is 6. The number of carbonyl (C=O) groups is 1. The molecular formula is C19H24N4O3. The van der Waals surface area contributed by atoms with Gasteiger partial charge in [0.15, 0.2) is 0 Å². The van der Waals surface area contributed by atoms with Crippen LogP contribution in [0.25, 0.3) is 0 Å². The highest BCUT2D eigenvalue weighted by atomic mass is 16.5. The van der Waals surface area contributed by atoms with Crippen molar-refractivity contribution in [1.29, 1.82) is 0 Å². The molecule has 1 atom stereocenters. The van der Waals surface area contributed by atoms with Crippen molar-refractivity contribution in [3.63, 3.8) is 0 Å². The maximum Gasteiger partial charge on any atom is 0.253 e. The molecule has 1 aliphatic heterocycles. The van der Waals surface area contributed by atoms with Gasteiger partial charge in [-0.3, -0.25) is 9.78 Å². The van der Waals surface area contributed by atoms with E-state index in [0.717, 1.165) is 18.8 Å². The fourth-order valence-corrected chi connectivity index (χ4v) is 3.36. The van der Waals surface area contributed by atoms with Crippen molar-refractivity contribution in [1.82, 2.24) is 14.9 Å². The third kappa shape index (κ3) is 4.11. The van der Waals surface area contributed by atoms with Crippen molar-refractivity contribution in [3.05, 3.63) is 48.4 Å². The number of aliphatic hydroxyl groups is 1. The molecule has 2 aromatic rings. The zero-order valence-electron chi connectivity index (χ0n) is 15.1. The van der Waals surface area contributed by atoms with Crippen molar-refractivity contribution >= 4 is 11.7 Å². The van der Waals surface area contributed by atoms with Gasteiger partial charge in [0, 0.05) is 38.1 Å². The summed E-state index contributed by atoms with van der Waals surface area (Å²) in [6, 6.07) is 6.97. The standard InChI is InChI=1S/C19H24N4O3/c1-22(18(24)15-4-6-16(26-2)7-5-15)13-19(25)8-3-11-23(14-19)17-12-20-9-10-21-17/h4-7,9-10,12,25H,3,8,11,13-14H2,1-2H3/t19-/m0/s1. The van der Waals surface area contributed by atoms with Crippen LogP contribution in [0.4, 0.5) is 5.82 Å². The van der Waals surface area contributed by atoms with E-state index >= 15 is 0 Å². The van der Waals surface area contributed by atoms with Crippen molar-refractivity contribution < 1.29 is 14.6 Å². The zero-order chi connectivity index (χ0) is 18.6. The van der Waals surface area contributed by atoms with Crippen LogP contribution in [0.2, 0.25) is 0 Å². The molecule has 0 aliphatic carbocycles. The Morgan fingerprint density at radius 1 is 1.35 bits per heavy atom. The molecular weight excluding hydrogens is 332 g/mol. The van der Waals surface area contributed by atoms with Crippen LogP contribution >= 0.6 is 0 Å². The van der Waals surface area contributed by atoms with Gasteiger partial charge in [0.25, 0.3) is 5.91 Å². The predicted molar refractivity (Wildman–Crippen MR) is 98.4 cm³/mol. The molecule has 1 aromatic carbocycles. The Kier molecular flexibility index (Phi) is 5.37. The molecule has 1 aromatic heterocycles. The number of piperidine rings is 1. The van der Waals surface area contributed by atoms with E-state index < -0.39 is 5.60 Å². The predicted octanol–water partition coefficient (Wildman–Crippen LogP) is 1.59. The van der Waals surface area contributed by atoms with E-state index in [9.17, 15) is 9.90 Å². The van der Waals surface area contributed by atoms with Crippen LogP contribution in [0, 0.1) is 0 Å². The highest BCUT2D eigenvalue weighted by Crippen LogP contribution is 2.25. The van der Waals surface area contributed by atoms with Gasteiger partial charge in [0.05, 0.1) is 25.5 Å². The van der Waals surface area contributed by atoms with Crippen LogP contribution in [-0.4, -0.2) is 65.3 Å². The summed E-state index contributed by atoms with van der Waals surface area (Å²) < 4.78 is 5.12. The Morgan fingerprint density at radius 2 is 2.12 bits per heavy atom. The van der Waals surface area contributed by atoms with E-state index in [-0.39, 0.29) is 12.5 Å². The molecule has 0 bridgehead atoms. The normalized spacial score (nSPS) is 19.9. The van der Waals surface area contributed by atoms with Gasteiger partial charge in [-0.1, -0.05) is 0 Å². The lowest BCUT2D eigenvalue weighted by atomic mass is 9.92. The number of anilines is 1. The maximum absolute atomic E-state index is 12.6. The third-order valence-corrected chi connectivity index (χ3v) is 4.64. The molecule has 1 fully saturated rings. The largest absolute Gasteiger partial charge is 0.497 e. The van der Waals surface area contributed by atoms with Crippen molar-refractivity contribution in [2.24, 2.45) is 0 Å². The average molecular weight is 356 g/mol. The lowest BCUT2D eigenvalue weighted by Crippen LogP contribution is -2.54. The van der Waals surface area contributed by atoms with Gasteiger partial charge in [-0.15, -0.1) is 0 Å². The Labute approximate surface area is 153 Å². The van der Waals surface area contributed by atoms with Crippen LogP contribution in [0.15, 0.2) is 42.9 Å². The first-order chi connectivity index (χ1) is 12.5. The molecule has 0 saturated carbocycles. The van der Waals surface area contributed by atoms with E-state index in [1.165, 1.54) is 0 Å². The SMILES string of the molecule is COc1ccc(C(=O)N(C)C[C@@]2(O)CCCN(c3cnccn3)C2)cc1. The molecule has 0 spiro atoms. The first-order valence-corrected chi connectivity index (χ1v) is 8.64. The molecule has 3 rings (SSSR count). The number of hydrogen-bond donors (Lipinski definition) is 1. The summed E-state index contributed by atoms with van der Waals surface area (Å²) in [5.41, 5.74) is -0.411. The lowest BCUT2D eigenvalue weighted by molar-refractivity contribution is -0.000146. The van der Waals surface area contributed by atoms with Gasteiger partial charge in [-0.05, 0) is 37.1 Å². The number of methoxy groups -OCH3 is 1. The number of benzene rings is 1. The molecule has 138 valence electrons. The molecule has 1 aliphatic rings. The van der Waals surface area contributed by atoms with E-state index in [4.69, 9.17) is 4.74 Å². The van der Waals surface area contributed by atoms with Crippen LogP contribution in [0.3, 0.4) is 0 Å². The summed E-state index contributed by atoms with van der Waals surface area (Å²) in [6.07, 6.45) is 6.43. The fraction of sp³-hybridized carbons (Fsp3) is 0.421. The smallest absolute Gasteiger partial charge is 0.253 e. The monoisotopic (exact) mass is 356 g/mol. The second-order valence-corrected chi connectivity index (χ2v) is 6.70. The maximum atomic E-state index is 12.6. The minimum Gasteiger partial charge on any atom is -0.497 e. The van der Waals surface area contributed by atoms with Gasteiger partial charge in [-0.2, -0.15) is 0 Å². The second-order valence-electron chi connectivity index (χ2n) is 6.70. The van der Waals surface area contributed by atoms with Crippen molar-refractivity contribution in [2.75, 3.05) is 38.7 Å². The highest BCUT2D eigenvalue weighted by Gasteiger charge is 2.36. The number of amides is 1. The van der Waals surface area contributed by atoms with E-state index in [2.05, 4.69) is 9.97 Å². The van der Waals surface area contributed by atoms with Crippen molar-refractivity contribution in [2.45, 2.75) is 18.4 Å². The van der Waals surface area contributed by atoms with Crippen LogP contribution in [0.1, 0.15) is 23.2 Å². The summed E-state index contributed by atoms with van der Waals surface area (Å²) in [7, 11) is 3.30. The molecule has 1 saturated heterocycles. The molecule has 2 heterocycles. The fourth-order valence-electron chi connectivity index (χ4n) is 3.36. The average Bonchev–Trinajstić information content (AvgIpc) is 2.68. The Bertz CT molecular complexity index is 738. The minimum atomic E-state index is -0.980. The summed E-state index contributed by atoms with van der Waals surface area (Å²) in [5.74, 6) is 1.32. The zero-order valence-corrected chi connectivity index (χ0v) is 15.1. The van der Waals surface area contributed by atoms with E-state index in [1.54, 1.807) is 61.9 Å². The molecule has 1 N–H and O–H groups in total. The summed E-state index contributed by atoms with van der Waals surface area (Å²) in [6.45, 7) is 1.50. The molecule has 26 heavy (non-hydrogen) atoms. The van der Waals surface area contributed by atoms with Gasteiger partial charge in [-0.25, -0.2) is 4.98 Å². The number of nitrogens with zero attached hydrogens (tertiary/aromatic N) is 4. The quantitative estimate of drug-likeness (QED) is 0.876. The topological polar surface area (TPSA) is 78.8 Å². The summed E-state index contributed by atoms with van der Waals surface area (Å²) in [5, 5.41) is 11.0. The highest BCUT2D eigenvalue weighted by molar-refractivity contribution is 5.94. The number of carbonyl (C=O) groups excluding carboxylic acids is 1. The molecule has 0 unspecified atom stereocenters. The minimum absolute atomic E-state index is 0.127. The van der Waals surface area contributed by atoms with Gasteiger partial charge in [0.2, 0.25) is 0 Å². The second kappa shape index (κ2) is 7.70. The Balaban J connectivity index is 1.66. The van der Waals surface area contributed by atoms with E-state index in [1.807, 2.05) is 4.90 Å². The molecule has 7 nitrogen and oxygen atoms in total. The summed E-state index contributed by atoms with van der Waals surface area (Å²) >= 11 is 0. The van der Waals surface area contributed by atoms with Crippen LogP contribution in [0.5, 0.6) is 5.75 Å². The number of rotatable bonds is 5. The van der Waals surface area contributed by atoms with Gasteiger partial charge in [0.1, 0.15) is 11.6 Å². The first kappa shape index (κ1) is 18.1. The summed E-state index contributed by atoms with van der Waals surface area (Å²) in [4.78, 5) is 24.6. The third-order valence-electron chi connectivity index (χ3n) is 4.64.